The van der Waals surface area contributed by atoms with Crippen molar-refractivity contribution in [3.8, 4) is 0 Å². The zero-order valence-electron chi connectivity index (χ0n) is 11.8. The van der Waals surface area contributed by atoms with E-state index in [0.717, 1.165) is 6.54 Å². The molecule has 1 rings (SSSR count). The van der Waals surface area contributed by atoms with Crippen LogP contribution in [0, 0.1) is 5.41 Å². The van der Waals surface area contributed by atoms with Gasteiger partial charge < -0.3 is 5.32 Å². The molecule has 1 fully saturated rings. The molecule has 16 heavy (non-hydrogen) atoms. The Morgan fingerprint density at radius 3 is 2.25 bits per heavy atom. The Kier molecular flexibility index (Phi) is 5.26. The van der Waals surface area contributed by atoms with Crippen LogP contribution < -0.4 is 5.32 Å². The van der Waals surface area contributed by atoms with E-state index in [1.165, 1.54) is 32.4 Å². The molecule has 0 amide bonds. The number of nitrogens with one attached hydrogen (secondary N) is 1. The summed E-state index contributed by atoms with van der Waals surface area (Å²) in [6.45, 7) is 15.2. The summed E-state index contributed by atoms with van der Waals surface area (Å²) in [7, 11) is 0. The first-order valence-corrected chi connectivity index (χ1v) is 7.00. The van der Waals surface area contributed by atoms with Gasteiger partial charge in [-0.1, -0.05) is 27.7 Å². The molecule has 0 saturated carbocycles. The van der Waals surface area contributed by atoms with Crippen molar-refractivity contribution in [2.24, 2.45) is 5.41 Å². The van der Waals surface area contributed by atoms with Crippen molar-refractivity contribution in [3.63, 3.8) is 0 Å². The summed E-state index contributed by atoms with van der Waals surface area (Å²) in [6, 6.07) is 1.29. The van der Waals surface area contributed by atoms with Gasteiger partial charge in [-0.2, -0.15) is 0 Å². The summed E-state index contributed by atoms with van der Waals surface area (Å²) in [5, 5.41) is 3.54. The highest BCUT2D eigenvalue weighted by Gasteiger charge is 2.36. The van der Waals surface area contributed by atoms with Crippen LogP contribution in [-0.4, -0.2) is 36.6 Å². The topological polar surface area (TPSA) is 15.3 Å². The largest absolute Gasteiger partial charge is 0.313 e. The zero-order chi connectivity index (χ0) is 12.2. The Hall–Kier alpha value is -0.0800. The minimum absolute atomic E-state index is 0.604. The van der Waals surface area contributed by atoms with Crippen LogP contribution in [0.4, 0.5) is 0 Å². The number of likely N-dealkylation sites (tertiary alicyclic amines) is 1. The third-order valence-corrected chi connectivity index (χ3v) is 4.41. The quantitative estimate of drug-likeness (QED) is 0.749. The molecular formula is C14H30N2. The predicted octanol–water partition coefficient (Wildman–Crippen LogP) is 2.89. The van der Waals surface area contributed by atoms with Crippen LogP contribution in [0.25, 0.3) is 0 Å². The fraction of sp³-hybridized carbons (Fsp3) is 1.00. The molecular weight excluding hydrogens is 196 g/mol. The smallest absolute Gasteiger partial charge is 0.0192 e. The van der Waals surface area contributed by atoms with Crippen LogP contribution in [-0.2, 0) is 0 Å². The van der Waals surface area contributed by atoms with Crippen LogP contribution in [0.5, 0.6) is 0 Å². The van der Waals surface area contributed by atoms with Gasteiger partial charge in [0.25, 0.3) is 0 Å². The maximum atomic E-state index is 3.54. The Morgan fingerprint density at radius 1 is 1.19 bits per heavy atom. The van der Waals surface area contributed by atoms with Crippen LogP contribution in [0.3, 0.4) is 0 Å². The second kappa shape index (κ2) is 6.02. The lowest BCUT2D eigenvalue weighted by Crippen LogP contribution is -2.42. The molecule has 96 valence electrons. The summed E-state index contributed by atoms with van der Waals surface area (Å²) in [5.41, 5.74) is 0.617. The van der Waals surface area contributed by atoms with Gasteiger partial charge in [0.05, 0.1) is 0 Å². The first-order valence-electron chi connectivity index (χ1n) is 7.00. The highest BCUT2D eigenvalue weighted by molar-refractivity contribution is 4.90. The van der Waals surface area contributed by atoms with Crippen LogP contribution in [0.1, 0.15) is 53.9 Å². The summed E-state index contributed by atoms with van der Waals surface area (Å²) in [4.78, 5) is 2.67. The Bertz CT molecular complexity index is 197. The van der Waals surface area contributed by atoms with Gasteiger partial charge in [0.2, 0.25) is 0 Å². The number of hydrogen-bond donors (Lipinski definition) is 1. The maximum Gasteiger partial charge on any atom is 0.0192 e. The summed E-state index contributed by atoms with van der Waals surface area (Å²) in [6.07, 6.45) is 4.07. The highest BCUT2D eigenvalue weighted by Crippen LogP contribution is 2.37. The van der Waals surface area contributed by atoms with Crippen molar-refractivity contribution in [1.82, 2.24) is 10.2 Å². The van der Waals surface area contributed by atoms with E-state index in [4.69, 9.17) is 0 Å². The average Bonchev–Trinajstić information content (AvgIpc) is 2.71. The van der Waals surface area contributed by atoms with Crippen LogP contribution in [0.15, 0.2) is 0 Å². The Labute approximate surface area is 102 Å². The fourth-order valence-corrected chi connectivity index (χ4v) is 2.71. The second-order valence-electron chi connectivity index (χ2n) is 5.84. The minimum Gasteiger partial charge on any atom is -0.313 e. The van der Waals surface area contributed by atoms with Crippen molar-refractivity contribution < 1.29 is 0 Å². The van der Waals surface area contributed by atoms with Crippen molar-refractivity contribution in [1.29, 1.82) is 0 Å². The van der Waals surface area contributed by atoms with Crippen LogP contribution in [0.2, 0.25) is 0 Å². The molecule has 1 aliphatic rings. The Morgan fingerprint density at radius 2 is 1.81 bits per heavy atom. The van der Waals surface area contributed by atoms with Gasteiger partial charge >= 0.3 is 0 Å². The third-order valence-electron chi connectivity index (χ3n) is 4.41. The fourth-order valence-electron chi connectivity index (χ4n) is 2.71. The highest BCUT2D eigenvalue weighted by atomic mass is 15.2. The number of hydrogen-bond acceptors (Lipinski definition) is 2. The lowest BCUT2D eigenvalue weighted by molar-refractivity contribution is 0.198. The van der Waals surface area contributed by atoms with E-state index in [0.29, 0.717) is 17.5 Å². The summed E-state index contributed by atoms with van der Waals surface area (Å²) in [5.74, 6) is 0. The SMILES string of the molecule is CCC1(CC)CCN(C(C)CNC(C)C)C1. The van der Waals surface area contributed by atoms with Crippen molar-refractivity contribution in [3.05, 3.63) is 0 Å². The Balaban J connectivity index is 2.39. The van der Waals surface area contributed by atoms with Crippen LogP contribution >= 0.6 is 0 Å². The molecule has 1 aliphatic heterocycles. The molecule has 2 heteroatoms. The summed E-state index contributed by atoms with van der Waals surface area (Å²) >= 11 is 0. The van der Waals surface area contributed by atoms with E-state index in [-0.39, 0.29) is 0 Å². The van der Waals surface area contributed by atoms with E-state index >= 15 is 0 Å². The van der Waals surface area contributed by atoms with E-state index in [9.17, 15) is 0 Å². The van der Waals surface area contributed by atoms with E-state index in [1.807, 2.05) is 0 Å². The van der Waals surface area contributed by atoms with Gasteiger partial charge in [-0.15, -0.1) is 0 Å². The zero-order valence-corrected chi connectivity index (χ0v) is 11.8. The van der Waals surface area contributed by atoms with E-state index in [2.05, 4.69) is 44.8 Å². The first kappa shape index (κ1) is 14.0. The van der Waals surface area contributed by atoms with E-state index in [1.54, 1.807) is 0 Å². The lowest BCUT2D eigenvalue weighted by Gasteiger charge is -2.30. The van der Waals surface area contributed by atoms with Gasteiger partial charge in [-0.05, 0) is 38.1 Å². The molecule has 1 saturated heterocycles. The van der Waals surface area contributed by atoms with Gasteiger partial charge in [-0.25, -0.2) is 0 Å². The molecule has 0 radical (unpaired) electrons. The van der Waals surface area contributed by atoms with Crippen molar-refractivity contribution in [2.75, 3.05) is 19.6 Å². The lowest BCUT2D eigenvalue weighted by atomic mass is 9.82. The third kappa shape index (κ3) is 3.46. The van der Waals surface area contributed by atoms with Gasteiger partial charge in [0.15, 0.2) is 0 Å². The monoisotopic (exact) mass is 226 g/mol. The normalized spacial score (nSPS) is 22.9. The van der Waals surface area contributed by atoms with Gasteiger partial charge in [-0.3, -0.25) is 4.90 Å². The standard InChI is InChI=1S/C14H30N2/c1-6-14(7-2)8-9-16(11-14)13(5)10-15-12(3)4/h12-13,15H,6-11H2,1-5H3. The molecule has 0 aromatic rings. The number of nitrogens with zero attached hydrogens (tertiary/aromatic N) is 1. The molecule has 1 N–H and O–H groups in total. The predicted molar refractivity (Wildman–Crippen MR) is 71.8 cm³/mol. The molecule has 0 spiro atoms. The molecule has 1 unspecified atom stereocenters. The first-order chi connectivity index (χ1) is 7.53. The van der Waals surface area contributed by atoms with Crippen molar-refractivity contribution >= 4 is 0 Å². The minimum atomic E-state index is 0.604. The average molecular weight is 226 g/mol. The molecule has 0 aromatic heterocycles. The molecule has 2 nitrogen and oxygen atoms in total. The van der Waals surface area contributed by atoms with Crippen molar-refractivity contribution in [2.45, 2.75) is 66.0 Å². The van der Waals surface area contributed by atoms with Gasteiger partial charge in [0.1, 0.15) is 0 Å². The molecule has 0 bridgehead atoms. The summed E-state index contributed by atoms with van der Waals surface area (Å²) < 4.78 is 0. The molecule has 1 atom stereocenters. The molecule has 0 aliphatic carbocycles. The van der Waals surface area contributed by atoms with E-state index < -0.39 is 0 Å². The molecule has 0 aromatic carbocycles. The number of rotatable bonds is 6. The molecule has 1 heterocycles. The maximum absolute atomic E-state index is 3.54. The second-order valence-corrected chi connectivity index (χ2v) is 5.84. The van der Waals surface area contributed by atoms with Gasteiger partial charge in [0, 0.05) is 25.2 Å².